The Morgan fingerprint density at radius 1 is 0.544 bits per heavy atom. The Hall–Kier alpha value is -2.15. The molecule has 0 aromatic heterocycles. The van der Waals surface area contributed by atoms with Gasteiger partial charge in [-0.15, -0.1) is 0 Å². The van der Waals surface area contributed by atoms with Gasteiger partial charge in [-0.3, -0.25) is 14.4 Å². The Kier molecular flexibility index (Phi) is 22.1. The maximum Gasteiger partial charge on any atom is 0.308 e. The van der Waals surface area contributed by atoms with Crippen molar-refractivity contribution in [2.45, 2.75) is 275 Å². The van der Waals surface area contributed by atoms with Crippen LogP contribution in [-0.4, -0.2) is 177 Å². The Morgan fingerprint density at radius 3 is 1.71 bits per heavy atom. The summed E-state index contributed by atoms with van der Waals surface area (Å²) in [7, 11) is 0. The molecule has 68 heavy (non-hydrogen) atoms. The molecule has 0 aromatic rings. The van der Waals surface area contributed by atoms with E-state index in [9.17, 15) is 45.0 Å². The van der Waals surface area contributed by atoms with Gasteiger partial charge in [0.05, 0.1) is 42.4 Å². The van der Waals surface area contributed by atoms with Crippen LogP contribution in [0.15, 0.2) is 0 Å². The molecule has 0 saturated carbocycles. The largest absolute Gasteiger partial charge is 0.456 e. The van der Waals surface area contributed by atoms with Crippen molar-refractivity contribution < 1.29 is 97.1 Å². The lowest BCUT2D eigenvalue weighted by molar-refractivity contribution is -0.383. The molecule has 6 saturated heterocycles. The van der Waals surface area contributed by atoms with Crippen LogP contribution in [0.2, 0.25) is 0 Å². The van der Waals surface area contributed by atoms with E-state index in [-0.39, 0.29) is 12.5 Å². The maximum absolute atomic E-state index is 13.6. The molecule has 0 aromatic carbocycles. The van der Waals surface area contributed by atoms with Crippen LogP contribution in [0, 0.1) is 11.8 Å². The van der Waals surface area contributed by atoms with E-state index in [2.05, 4.69) is 6.92 Å². The third-order valence-corrected chi connectivity index (χ3v) is 13.5. The highest BCUT2D eigenvalue weighted by molar-refractivity contribution is 5.72. The second-order valence-electron chi connectivity index (χ2n) is 19.9. The van der Waals surface area contributed by atoms with Gasteiger partial charge in [0.2, 0.25) is 0 Å². The fourth-order valence-electron chi connectivity index (χ4n) is 9.23. The van der Waals surface area contributed by atoms with E-state index < -0.39 is 153 Å². The summed E-state index contributed by atoms with van der Waals surface area (Å²) in [6.45, 7) is 14.7. The van der Waals surface area contributed by atoms with Crippen molar-refractivity contribution in [3.63, 3.8) is 0 Å². The lowest BCUT2D eigenvalue weighted by Crippen LogP contribution is -2.67. The van der Waals surface area contributed by atoms with Gasteiger partial charge >= 0.3 is 17.9 Å². The number of ether oxygens (including phenoxy) is 11. The van der Waals surface area contributed by atoms with Gasteiger partial charge in [0, 0.05) is 6.42 Å². The van der Waals surface area contributed by atoms with Crippen molar-refractivity contribution in [1.29, 1.82) is 0 Å². The minimum absolute atomic E-state index is 0.0291. The summed E-state index contributed by atoms with van der Waals surface area (Å²) in [5.74, 6) is -3.29. The number of aliphatic hydroxyl groups excluding tert-OH is 6. The molecule has 6 aliphatic heterocycles. The fraction of sp³-hybridized carbons (Fsp3) is 0.938. The third kappa shape index (κ3) is 14.7. The van der Waals surface area contributed by atoms with Crippen LogP contribution in [0.5, 0.6) is 0 Å². The van der Waals surface area contributed by atoms with Crippen LogP contribution < -0.4 is 0 Å². The molecule has 6 rings (SSSR count). The number of rotatable bonds is 12. The van der Waals surface area contributed by atoms with Crippen molar-refractivity contribution in [3.05, 3.63) is 0 Å². The summed E-state index contributed by atoms with van der Waals surface area (Å²) in [6, 6.07) is 0. The van der Waals surface area contributed by atoms with E-state index in [1.54, 1.807) is 41.5 Å². The molecular formula is C48H82O20. The zero-order valence-corrected chi connectivity index (χ0v) is 41.4. The highest BCUT2D eigenvalue weighted by Crippen LogP contribution is 2.37. The normalized spacial score (nSPS) is 42.8. The van der Waals surface area contributed by atoms with Crippen molar-refractivity contribution >= 4 is 17.9 Å². The van der Waals surface area contributed by atoms with Gasteiger partial charge in [-0.25, -0.2) is 0 Å². The summed E-state index contributed by atoms with van der Waals surface area (Å²) < 4.78 is 66.6. The van der Waals surface area contributed by atoms with Crippen molar-refractivity contribution in [2.24, 2.45) is 11.8 Å². The average Bonchev–Trinajstić information content (AvgIpc) is 3.28. The van der Waals surface area contributed by atoms with Gasteiger partial charge in [0.25, 0.3) is 0 Å². The monoisotopic (exact) mass is 979 g/mol. The average molecular weight is 979 g/mol. The van der Waals surface area contributed by atoms with Gasteiger partial charge in [0.15, 0.2) is 43.5 Å². The Bertz CT molecular complexity index is 1550. The molecule has 6 heterocycles. The smallest absolute Gasteiger partial charge is 0.308 e. The van der Waals surface area contributed by atoms with Gasteiger partial charge in [0.1, 0.15) is 54.9 Å². The van der Waals surface area contributed by atoms with E-state index in [1.807, 2.05) is 0 Å². The molecule has 6 fully saturated rings. The highest BCUT2D eigenvalue weighted by Gasteiger charge is 2.56. The lowest BCUT2D eigenvalue weighted by atomic mass is 9.95. The van der Waals surface area contributed by atoms with Gasteiger partial charge in [-0.05, 0) is 47.0 Å². The van der Waals surface area contributed by atoms with E-state index in [4.69, 9.17) is 52.1 Å². The van der Waals surface area contributed by atoms with Crippen LogP contribution in [0.25, 0.3) is 0 Å². The van der Waals surface area contributed by atoms with Crippen molar-refractivity contribution in [2.75, 3.05) is 0 Å². The first-order valence-corrected chi connectivity index (χ1v) is 25.2. The van der Waals surface area contributed by atoms with Crippen LogP contribution in [0.1, 0.15) is 146 Å². The second-order valence-corrected chi connectivity index (χ2v) is 19.9. The molecule has 0 spiro atoms. The van der Waals surface area contributed by atoms with Gasteiger partial charge < -0.3 is 82.7 Å². The Labute approximate surface area is 400 Å². The van der Waals surface area contributed by atoms with Crippen LogP contribution in [0.4, 0.5) is 0 Å². The fourth-order valence-corrected chi connectivity index (χ4v) is 9.23. The summed E-state index contributed by atoms with van der Waals surface area (Å²) >= 11 is 0. The molecular weight excluding hydrogens is 897 g/mol. The van der Waals surface area contributed by atoms with Crippen molar-refractivity contribution in [3.8, 4) is 0 Å². The molecule has 6 aliphatic rings. The predicted molar refractivity (Wildman–Crippen MR) is 238 cm³/mol. The maximum atomic E-state index is 13.6. The first-order chi connectivity index (χ1) is 32.2. The first kappa shape index (κ1) is 56.8. The minimum atomic E-state index is -1.82. The van der Waals surface area contributed by atoms with E-state index in [0.717, 1.165) is 70.6 Å². The number of hydrogen-bond donors (Lipinski definition) is 6. The van der Waals surface area contributed by atoms with Crippen LogP contribution in [0.3, 0.4) is 0 Å². The number of fused-ring (bicyclic) bond motifs is 14. The molecule has 21 unspecified atom stereocenters. The summed E-state index contributed by atoms with van der Waals surface area (Å²) in [6.07, 6.45) is -17.5. The first-order valence-electron chi connectivity index (χ1n) is 25.2. The zero-order valence-electron chi connectivity index (χ0n) is 41.4. The molecule has 20 heteroatoms. The van der Waals surface area contributed by atoms with E-state index in [1.165, 1.54) is 13.8 Å². The number of carbonyl (C=O) groups is 3. The summed E-state index contributed by atoms with van der Waals surface area (Å²) in [5.41, 5.74) is 0. The Morgan fingerprint density at radius 2 is 1.07 bits per heavy atom. The van der Waals surface area contributed by atoms with E-state index in [0.29, 0.717) is 6.42 Å². The number of unbranched alkanes of at least 4 members (excludes halogenated alkanes) is 2. The van der Waals surface area contributed by atoms with Gasteiger partial charge in [-0.2, -0.15) is 0 Å². The molecule has 4 bridgehead atoms. The minimum Gasteiger partial charge on any atom is -0.456 e. The molecule has 394 valence electrons. The predicted octanol–water partition coefficient (Wildman–Crippen LogP) is 2.82. The van der Waals surface area contributed by atoms with E-state index >= 15 is 0 Å². The lowest BCUT2D eigenvalue weighted by Gasteiger charge is -2.49. The van der Waals surface area contributed by atoms with Crippen LogP contribution in [-0.2, 0) is 66.5 Å². The van der Waals surface area contributed by atoms with Gasteiger partial charge in [-0.1, -0.05) is 92.4 Å². The topological polar surface area (TPSA) is 274 Å². The quantitative estimate of drug-likeness (QED) is 0.0932. The molecule has 6 N–H and O–H groups in total. The molecule has 20 nitrogen and oxygen atoms in total. The SMILES string of the molecule is CCCCCC1CCCCCCCCCC(=O)OC2C(O)C(OC(C)C2OC2OC(C)C(OC3OC(C)C(O)C(OC(=O)C(C)C)C3O)C(OC(=O)C(C)C)C2O)OC2C(C)OC(O1)C(O)C2O. The Balaban J connectivity index is 1.37. The molecule has 0 radical (unpaired) electrons. The molecule has 0 amide bonds. The summed E-state index contributed by atoms with van der Waals surface area (Å²) in [4.78, 5) is 39.3. The number of esters is 3. The van der Waals surface area contributed by atoms with Crippen LogP contribution >= 0.6 is 0 Å². The highest BCUT2D eigenvalue weighted by atomic mass is 16.8. The molecule has 0 aliphatic carbocycles. The number of hydrogen-bond acceptors (Lipinski definition) is 20. The third-order valence-electron chi connectivity index (χ3n) is 13.5. The van der Waals surface area contributed by atoms with Crippen molar-refractivity contribution in [1.82, 2.24) is 0 Å². The summed E-state index contributed by atoms with van der Waals surface area (Å²) in [5, 5.41) is 68.9. The standard InChI is InChI=1S/C48H82O20/c1-10-11-17-20-29-21-18-15-13-12-14-16-19-22-30(49)63-41-35(54)47(66-37-26(7)59-45(62-29)33(52)32(37)51)60-27(8)38(41)67-48-36(55)42(65-44(57)24(4)5)39(28(9)61-48)68-46-34(53)40(31(50)25(6)58-46)64-43(56)23(2)3/h23-29,31-42,45-48,50-55H,10-22H2,1-9H3. The molecule has 21 atom stereocenters. The second kappa shape index (κ2) is 26.5. The number of aliphatic hydroxyl groups is 6. The number of carbonyl (C=O) groups excluding carboxylic acids is 3. The zero-order chi connectivity index (χ0) is 50.0.